The van der Waals surface area contributed by atoms with Gasteiger partial charge < -0.3 is 0 Å². The number of fused-ring (bicyclic) bond motifs is 1. The van der Waals surface area contributed by atoms with E-state index in [0.29, 0.717) is 22.0 Å². The highest BCUT2D eigenvalue weighted by Gasteiger charge is 2.60. The standard InChI is InChI=1S/C23H16ClN3O5/c24-15-9-11-16(12-10-15)25-22(28)19-20(14-5-4-8-18(13-14)27(30)31)26(32-21(19)23(25)29)17-6-2-1-3-7-17/h1-13,19-21H/t19-,20-,21-/m0/s1. The number of nitro groups is 1. The van der Waals surface area contributed by atoms with Gasteiger partial charge in [-0.3, -0.25) is 24.5 Å². The summed E-state index contributed by atoms with van der Waals surface area (Å²) >= 11 is 5.94. The van der Waals surface area contributed by atoms with E-state index in [1.165, 1.54) is 17.2 Å². The molecule has 0 saturated carbocycles. The van der Waals surface area contributed by atoms with E-state index in [1.807, 2.05) is 6.07 Å². The molecule has 8 nitrogen and oxygen atoms in total. The van der Waals surface area contributed by atoms with Gasteiger partial charge >= 0.3 is 0 Å². The van der Waals surface area contributed by atoms with E-state index >= 15 is 0 Å². The minimum absolute atomic E-state index is 0.106. The molecule has 160 valence electrons. The number of non-ortho nitro benzene ring substituents is 1. The van der Waals surface area contributed by atoms with Crippen molar-refractivity contribution in [3.63, 3.8) is 0 Å². The number of carbonyl (C=O) groups is 2. The van der Waals surface area contributed by atoms with Crippen LogP contribution in [0, 0.1) is 16.0 Å². The average Bonchev–Trinajstić information content (AvgIpc) is 3.31. The van der Waals surface area contributed by atoms with Crippen LogP contribution in [0.3, 0.4) is 0 Å². The van der Waals surface area contributed by atoms with Crippen LogP contribution in [0.25, 0.3) is 0 Å². The Bertz CT molecular complexity index is 1220. The fourth-order valence-electron chi connectivity index (χ4n) is 4.22. The Morgan fingerprint density at radius 3 is 2.28 bits per heavy atom. The maximum Gasteiger partial charge on any atom is 0.269 e. The molecule has 0 bridgehead atoms. The number of carbonyl (C=O) groups excluding carboxylic acids is 2. The molecule has 2 aliphatic heterocycles. The fourth-order valence-corrected chi connectivity index (χ4v) is 4.35. The van der Waals surface area contributed by atoms with Gasteiger partial charge in [0.05, 0.1) is 22.3 Å². The molecule has 0 spiro atoms. The highest BCUT2D eigenvalue weighted by atomic mass is 35.5. The highest BCUT2D eigenvalue weighted by molar-refractivity contribution is 6.31. The van der Waals surface area contributed by atoms with Crippen molar-refractivity contribution in [3.8, 4) is 0 Å². The van der Waals surface area contributed by atoms with E-state index in [1.54, 1.807) is 60.7 Å². The average molecular weight is 450 g/mol. The number of benzene rings is 3. The van der Waals surface area contributed by atoms with Gasteiger partial charge in [0.15, 0.2) is 6.10 Å². The molecule has 2 amide bonds. The zero-order valence-electron chi connectivity index (χ0n) is 16.5. The number of nitro benzene ring substituents is 1. The number of para-hydroxylation sites is 1. The molecule has 0 unspecified atom stereocenters. The maximum absolute atomic E-state index is 13.5. The SMILES string of the molecule is O=C1[C@@H]2[C@H](ON(c3ccccc3)[C@H]2c2cccc([N+](=O)[O-])c2)C(=O)N1c1ccc(Cl)cc1. The van der Waals surface area contributed by atoms with Crippen molar-refractivity contribution in [1.82, 2.24) is 0 Å². The Kier molecular flexibility index (Phi) is 4.88. The Hall–Kier alpha value is -3.75. The van der Waals surface area contributed by atoms with Gasteiger partial charge in [0.25, 0.3) is 11.6 Å². The Labute approximate surface area is 187 Å². The summed E-state index contributed by atoms with van der Waals surface area (Å²) in [5.41, 5.74) is 1.43. The first kappa shape index (κ1) is 20.2. The minimum atomic E-state index is -1.05. The maximum atomic E-state index is 13.5. The Morgan fingerprint density at radius 2 is 1.59 bits per heavy atom. The first-order chi connectivity index (χ1) is 15.5. The Balaban J connectivity index is 1.60. The Morgan fingerprint density at radius 1 is 0.875 bits per heavy atom. The molecule has 0 aromatic heterocycles. The summed E-state index contributed by atoms with van der Waals surface area (Å²) in [7, 11) is 0. The van der Waals surface area contributed by atoms with E-state index < -0.39 is 34.8 Å². The lowest BCUT2D eigenvalue weighted by molar-refractivity contribution is -0.384. The quantitative estimate of drug-likeness (QED) is 0.335. The molecule has 2 heterocycles. The molecule has 3 atom stereocenters. The van der Waals surface area contributed by atoms with Gasteiger partial charge in [0.2, 0.25) is 5.91 Å². The van der Waals surface area contributed by atoms with Crippen molar-refractivity contribution >= 4 is 40.5 Å². The monoisotopic (exact) mass is 449 g/mol. The molecule has 32 heavy (non-hydrogen) atoms. The van der Waals surface area contributed by atoms with Crippen molar-refractivity contribution in [3.05, 3.63) is 99.6 Å². The number of hydroxylamine groups is 1. The van der Waals surface area contributed by atoms with Crippen LogP contribution in [0.15, 0.2) is 78.9 Å². The van der Waals surface area contributed by atoms with Crippen LogP contribution in [-0.2, 0) is 14.4 Å². The zero-order chi connectivity index (χ0) is 22.4. The van der Waals surface area contributed by atoms with Crippen LogP contribution < -0.4 is 9.96 Å². The van der Waals surface area contributed by atoms with Gasteiger partial charge in [-0.25, -0.2) is 9.96 Å². The highest BCUT2D eigenvalue weighted by Crippen LogP contribution is 2.48. The summed E-state index contributed by atoms with van der Waals surface area (Å²) in [5, 5.41) is 13.3. The summed E-state index contributed by atoms with van der Waals surface area (Å²) in [6.07, 6.45) is -1.05. The molecular weight excluding hydrogens is 434 g/mol. The first-order valence-electron chi connectivity index (χ1n) is 9.84. The normalized spacial score (nSPS) is 22.3. The van der Waals surface area contributed by atoms with Gasteiger partial charge in [-0.1, -0.05) is 41.9 Å². The first-order valence-corrected chi connectivity index (χ1v) is 10.2. The molecule has 0 radical (unpaired) electrons. The van der Waals surface area contributed by atoms with Crippen LogP contribution in [0.5, 0.6) is 0 Å². The van der Waals surface area contributed by atoms with Crippen molar-refractivity contribution < 1.29 is 19.3 Å². The van der Waals surface area contributed by atoms with Crippen LogP contribution in [0.1, 0.15) is 11.6 Å². The van der Waals surface area contributed by atoms with Crippen LogP contribution in [0.2, 0.25) is 5.02 Å². The van der Waals surface area contributed by atoms with Crippen LogP contribution in [-0.4, -0.2) is 22.8 Å². The number of anilines is 2. The van der Waals surface area contributed by atoms with Crippen molar-refractivity contribution in [1.29, 1.82) is 0 Å². The third-order valence-corrected chi connectivity index (χ3v) is 5.89. The number of hydrogen-bond acceptors (Lipinski definition) is 6. The number of imide groups is 1. The largest absolute Gasteiger partial charge is 0.273 e. The lowest BCUT2D eigenvalue weighted by Gasteiger charge is -2.28. The molecule has 3 aromatic carbocycles. The lowest BCUT2D eigenvalue weighted by atomic mass is 9.90. The topological polar surface area (TPSA) is 93.0 Å². The second-order valence-electron chi connectivity index (χ2n) is 7.50. The van der Waals surface area contributed by atoms with Crippen LogP contribution >= 0.6 is 11.6 Å². The summed E-state index contributed by atoms with van der Waals surface area (Å²) in [5.74, 6) is -1.80. The van der Waals surface area contributed by atoms with E-state index in [9.17, 15) is 19.7 Å². The van der Waals surface area contributed by atoms with Gasteiger partial charge in [-0.05, 0) is 42.0 Å². The third kappa shape index (κ3) is 3.21. The number of halogens is 1. The predicted molar refractivity (Wildman–Crippen MR) is 117 cm³/mol. The number of rotatable bonds is 4. The molecule has 2 aliphatic rings. The lowest BCUT2D eigenvalue weighted by Crippen LogP contribution is -2.37. The number of hydrogen-bond donors (Lipinski definition) is 0. The summed E-state index contributed by atoms with van der Waals surface area (Å²) < 4.78 is 0. The van der Waals surface area contributed by atoms with Gasteiger partial charge in [0, 0.05) is 17.2 Å². The van der Waals surface area contributed by atoms with E-state index in [4.69, 9.17) is 16.4 Å². The molecule has 0 N–H and O–H groups in total. The molecule has 5 rings (SSSR count). The van der Waals surface area contributed by atoms with Crippen molar-refractivity contribution in [2.45, 2.75) is 12.1 Å². The second kappa shape index (κ2) is 7.74. The molecule has 9 heteroatoms. The van der Waals surface area contributed by atoms with Crippen LogP contribution in [0.4, 0.5) is 17.1 Å². The molecule has 0 aliphatic carbocycles. The predicted octanol–water partition coefficient (Wildman–Crippen LogP) is 4.30. The molecular formula is C23H16ClN3O5. The minimum Gasteiger partial charge on any atom is -0.273 e. The van der Waals surface area contributed by atoms with Gasteiger partial charge in [0.1, 0.15) is 5.92 Å². The molecule has 2 saturated heterocycles. The van der Waals surface area contributed by atoms with E-state index in [-0.39, 0.29) is 5.69 Å². The van der Waals surface area contributed by atoms with Crippen molar-refractivity contribution in [2.24, 2.45) is 5.92 Å². The van der Waals surface area contributed by atoms with Crippen molar-refractivity contribution in [2.75, 3.05) is 9.96 Å². The zero-order valence-corrected chi connectivity index (χ0v) is 17.3. The van der Waals surface area contributed by atoms with E-state index in [0.717, 1.165) is 4.90 Å². The second-order valence-corrected chi connectivity index (χ2v) is 7.93. The van der Waals surface area contributed by atoms with Gasteiger partial charge in [-0.15, -0.1) is 0 Å². The molecule has 3 aromatic rings. The third-order valence-electron chi connectivity index (χ3n) is 5.63. The smallest absolute Gasteiger partial charge is 0.269 e. The summed E-state index contributed by atoms with van der Waals surface area (Å²) in [6.45, 7) is 0. The number of amides is 2. The van der Waals surface area contributed by atoms with E-state index in [2.05, 4.69) is 0 Å². The summed E-state index contributed by atoms with van der Waals surface area (Å²) in [6, 6.07) is 20.7. The molecule has 2 fully saturated rings. The summed E-state index contributed by atoms with van der Waals surface area (Å²) in [4.78, 5) is 44.7. The fraction of sp³-hybridized carbons (Fsp3) is 0.130. The number of nitrogens with zero attached hydrogens (tertiary/aromatic N) is 3. The van der Waals surface area contributed by atoms with Gasteiger partial charge in [-0.2, -0.15) is 0 Å².